The highest BCUT2D eigenvalue weighted by Gasteiger charge is 2.20. The van der Waals surface area contributed by atoms with E-state index in [0.29, 0.717) is 22.8 Å². The van der Waals surface area contributed by atoms with Gasteiger partial charge in [0.25, 0.3) is 0 Å². The van der Waals surface area contributed by atoms with Crippen LogP contribution in [0.4, 0.5) is 5.82 Å². The van der Waals surface area contributed by atoms with E-state index in [1.807, 2.05) is 55.5 Å². The fraction of sp³-hybridized carbons (Fsp3) is 0.143. The van der Waals surface area contributed by atoms with Crippen molar-refractivity contribution in [3.63, 3.8) is 0 Å². The molecule has 0 amide bonds. The van der Waals surface area contributed by atoms with Crippen LogP contribution in [0.5, 0.6) is 0 Å². The van der Waals surface area contributed by atoms with Crippen molar-refractivity contribution < 1.29 is 0 Å². The van der Waals surface area contributed by atoms with Gasteiger partial charge in [0.05, 0.1) is 5.56 Å². The summed E-state index contributed by atoms with van der Waals surface area (Å²) in [5.41, 5.74) is 10.9. The SMILES string of the molecule is CCSc1nc(N)c(Cc2ccccc2)c(-c2ccccc2)c1C#N. The Balaban J connectivity index is 2.24. The molecule has 3 nitrogen and oxygen atoms in total. The van der Waals surface area contributed by atoms with Gasteiger partial charge in [-0.05, 0) is 16.9 Å². The number of rotatable bonds is 5. The molecule has 0 atom stereocenters. The molecule has 1 heterocycles. The lowest BCUT2D eigenvalue weighted by Crippen LogP contribution is -2.06. The average molecular weight is 345 g/mol. The number of hydrogen-bond donors (Lipinski definition) is 1. The van der Waals surface area contributed by atoms with E-state index < -0.39 is 0 Å². The Labute approximate surface area is 152 Å². The summed E-state index contributed by atoms with van der Waals surface area (Å²) >= 11 is 1.55. The molecule has 0 spiro atoms. The van der Waals surface area contributed by atoms with Crippen molar-refractivity contribution in [3.8, 4) is 17.2 Å². The number of hydrogen-bond acceptors (Lipinski definition) is 4. The third-order valence-electron chi connectivity index (χ3n) is 3.98. The van der Waals surface area contributed by atoms with Crippen molar-refractivity contribution in [1.82, 2.24) is 4.98 Å². The quantitative estimate of drug-likeness (QED) is 0.668. The van der Waals surface area contributed by atoms with E-state index in [-0.39, 0.29) is 0 Å². The molecule has 0 radical (unpaired) electrons. The van der Waals surface area contributed by atoms with Crippen molar-refractivity contribution in [2.24, 2.45) is 0 Å². The summed E-state index contributed by atoms with van der Waals surface area (Å²) in [5.74, 6) is 1.34. The normalized spacial score (nSPS) is 10.4. The first kappa shape index (κ1) is 17.1. The summed E-state index contributed by atoms with van der Waals surface area (Å²) in [6.45, 7) is 2.05. The number of nitrogen functional groups attached to an aromatic ring is 1. The van der Waals surface area contributed by atoms with Gasteiger partial charge in [-0.3, -0.25) is 0 Å². The topological polar surface area (TPSA) is 62.7 Å². The summed E-state index contributed by atoms with van der Waals surface area (Å²) in [4.78, 5) is 4.53. The molecule has 0 saturated heterocycles. The number of nitrogens with zero attached hydrogens (tertiary/aromatic N) is 2. The van der Waals surface area contributed by atoms with Gasteiger partial charge in [-0.25, -0.2) is 4.98 Å². The maximum atomic E-state index is 9.82. The second kappa shape index (κ2) is 7.87. The first-order valence-electron chi connectivity index (χ1n) is 8.19. The highest BCUT2D eigenvalue weighted by molar-refractivity contribution is 7.99. The summed E-state index contributed by atoms with van der Waals surface area (Å²) < 4.78 is 0. The Hall–Kier alpha value is -2.77. The average Bonchev–Trinajstić information content (AvgIpc) is 2.65. The lowest BCUT2D eigenvalue weighted by molar-refractivity contribution is 1.07. The van der Waals surface area contributed by atoms with Crippen LogP contribution in [0.1, 0.15) is 23.6 Å². The standard InChI is InChI=1S/C21H19N3S/c1-2-25-21-18(14-22)19(16-11-7-4-8-12-16)17(20(23)24-21)13-15-9-5-3-6-10-15/h3-12H,2,13H2,1H3,(H2,23,24). The Bertz CT molecular complexity index is 900. The predicted octanol–water partition coefficient (Wildman–Crippen LogP) is 4.91. The van der Waals surface area contributed by atoms with Gasteiger partial charge in [-0.15, -0.1) is 11.8 Å². The molecule has 0 aliphatic carbocycles. The molecule has 0 fully saturated rings. The number of nitrogens with two attached hydrogens (primary N) is 1. The summed E-state index contributed by atoms with van der Waals surface area (Å²) in [6.07, 6.45) is 0.648. The molecule has 3 aromatic rings. The first-order valence-corrected chi connectivity index (χ1v) is 9.17. The lowest BCUT2D eigenvalue weighted by atomic mass is 9.92. The number of benzene rings is 2. The molecular formula is C21H19N3S. The highest BCUT2D eigenvalue weighted by atomic mass is 32.2. The number of nitriles is 1. The first-order chi connectivity index (χ1) is 12.2. The molecule has 0 saturated carbocycles. The second-order valence-corrected chi connectivity index (χ2v) is 6.86. The van der Waals surface area contributed by atoms with Crippen molar-refractivity contribution >= 4 is 17.6 Å². The van der Waals surface area contributed by atoms with E-state index in [2.05, 4.69) is 23.2 Å². The zero-order chi connectivity index (χ0) is 17.6. The molecule has 0 unspecified atom stereocenters. The van der Waals surface area contributed by atoms with Gasteiger partial charge in [0.2, 0.25) is 0 Å². The molecule has 1 aromatic heterocycles. The maximum absolute atomic E-state index is 9.82. The maximum Gasteiger partial charge on any atom is 0.128 e. The minimum absolute atomic E-state index is 0.498. The Kier molecular flexibility index (Phi) is 5.37. The molecule has 3 rings (SSSR count). The van der Waals surface area contributed by atoms with Crippen LogP contribution in [0.2, 0.25) is 0 Å². The zero-order valence-electron chi connectivity index (χ0n) is 14.1. The summed E-state index contributed by atoms with van der Waals surface area (Å²) in [7, 11) is 0. The van der Waals surface area contributed by atoms with Crippen molar-refractivity contribution in [2.75, 3.05) is 11.5 Å². The largest absolute Gasteiger partial charge is 0.383 e. The Morgan fingerprint density at radius 2 is 1.68 bits per heavy atom. The fourth-order valence-electron chi connectivity index (χ4n) is 2.87. The van der Waals surface area contributed by atoms with E-state index in [1.165, 1.54) is 0 Å². The molecule has 0 aliphatic rings. The number of aromatic nitrogens is 1. The molecule has 0 bridgehead atoms. The van der Waals surface area contributed by atoms with Gasteiger partial charge in [0, 0.05) is 17.5 Å². The molecule has 2 aromatic carbocycles. The molecule has 2 N–H and O–H groups in total. The fourth-order valence-corrected chi connectivity index (χ4v) is 3.59. The number of anilines is 1. The van der Waals surface area contributed by atoms with E-state index in [0.717, 1.165) is 28.0 Å². The Morgan fingerprint density at radius 1 is 1.04 bits per heavy atom. The molecule has 25 heavy (non-hydrogen) atoms. The van der Waals surface area contributed by atoms with E-state index in [4.69, 9.17) is 5.73 Å². The molecule has 4 heteroatoms. The van der Waals surface area contributed by atoms with Crippen LogP contribution in [-0.4, -0.2) is 10.7 Å². The third-order valence-corrected chi connectivity index (χ3v) is 4.83. The molecular weight excluding hydrogens is 326 g/mol. The van der Waals surface area contributed by atoms with Crippen molar-refractivity contribution in [2.45, 2.75) is 18.4 Å². The van der Waals surface area contributed by atoms with Crippen LogP contribution >= 0.6 is 11.8 Å². The van der Waals surface area contributed by atoms with Crippen LogP contribution in [0, 0.1) is 11.3 Å². The van der Waals surface area contributed by atoms with Crippen molar-refractivity contribution in [3.05, 3.63) is 77.4 Å². The lowest BCUT2D eigenvalue weighted by Gasteiger charge is -2.17. The minimum Gasteiger partial charge on any atom is -0.383 e. The van der Waals surface area contributed by atoms with E-state index >= 15 is 0 Å². The van der Waals surface area contributed by atoms with Gasteiger partial charge >= 0.3 is 0 Å². The monoisotopic (exact) mass is 345 g/mol. The van der Waals surface area contributed by atoms with Gasteiger partial charge in [0.15, 0.2) is 0 Å². The summed E-state index contributed by atoms with van der Waals surface area (Å²) in [5, 5.41) is 10.5. The van der Waals surface area contributed by atoms with Gasteiger partial charge in [-0.1, -0.05) is 67.6 Å². The molecule has 0 aliphatic heterocycles. The number of pyridine rings is 1. The van der Waals surface area contributed by atoms with Crippen LogP contribution in [-0.2, 0) is 6.42 Å². The Morgan fingerprint density at radius 3 is 2.28 bits per heavy atom. The minimum atomic E-state index is 0.498. The van der Waals surface area contributed by atoms with Crippen LogP contribution in [0.25, 0.3) is 11.1 Å². The smallest absolute Gasteiger partial charge is 0.128 e. The summed E-state index contributed by atoms with van der Waals surface area (Å²) in [6, 6.07) is 22.5. The van der Waals surface area contributed by atoms with E-state index in [9.17, 15) is 5.26 Å². The zero-order valence-corrected chi connectivity index (χ0v) is 14.9. The van der Waals surface area contributed by atoms with Crippen molar-refractivity contribution in [1.29, 1.82) is 5.26 Å². The highest BCUT2D eigenvalue weighted by Crippen LogP contribution is 2.36. The van der Waals surface area contributed by atoms with Crippen LogP contribution < -0.4 is 5.73 Å². The molecule has 124 valence electrons. The number of thioether (sulfide) groups is 1. The van der Waals surface area contributed by atoms with Crippen LogP contribution in [0.3, 0.4) is 0 Å². The second-order valence-electron chi connectivity index (χ2n) is 5.60. The van der Waals surface area contributed by atoms with Gasteiger partial charge in [0.1, 0.15) is 16.9 Å². The van der Waals surface area contributed by atoms with E-state index in [1.54, 1.807) is 11.8 Å². The van der Waals surface area contributed by atoms with Crippen LogP contribution in [0.15, 0.2) is 65.7 Å². The van der Waals surface area contributed by atoms with Gasteiger partial charge in [-0.2, -0.15) is 5.26 Å². The third kappa shape index (κ3) is 3.67. The van der Waals surface area contributed by atoms with Gasteiger partial charge < -0.3 is 5.73 Å². The predicted molar refractivity (Wildman–Crippen MR) is 104 cm³/mol.